The van der Waals surface area contributed by atoms with Gasteiger partial charge in [0.25, 0.3) is 0 Å². The van der Waals surface area contributed by atoms with Gasteiger partial charge in [-0.1, -0.05) is 24.3 Å². The molecule has 3 rings (SSSR count). The molecule has 0 aliphatic carbocycles. The number of ether oxygens (including phenoxy) is 2. The molecule has 3 nitrogen and oxygen atoms in total. The number of halogens is 3. The summed E-state index contributed by atoms with van der Waals surface area (Å²) in [7, 11) is 0. The van der Waals surface area contributed by atoms with E-state index in [4.69, 9.17) is 9.47 Å². The smallest absolute Gasteiger partial charge is 0.416 e. The lowest BCUT2D eigenvalue weighted by atomic mass is 10.1. The van der Waals surface area contributed by atoms with Crippen molar-refractivity contribution >= 4 is 0 Å². The number of alkyl halides is 3. The maximum Gasteiger partial charge on any atom is 0.416 e. The second kappa shape index (κ2) is 7.58. The minimum Gasteiger partial charge on any atom is -0.492 e. The largest absolute Gasteiger partial charge is 0.492 e. The predicted molar refractivity (Wildman–Crippen MR) is 93.5 cm³/mol. The Morgan fingerprint density at radius 2 is 1.77 bits per heavy atom. The highest BCUT2D eigenvalue weighted by Gasteiger charge is 2.36. The van der Waals surface area contributed by atoms with Gasteiger partial charge in [0.05, 0.1) is 5.56 Å². The molecule has 0 amide bonds. The predicted octanol–water partition coefficient (Wildman–Crippen LogP) is 4.63. The van der Waals surface area contributed by atoms with Crippen molar-refractivity contribution in [3.63, 3.8) is 0 Å². The number of nitrogens with zero attached hydrogens (tertiary/aromatic N) is 1. The van der Waals surface area contributed by atoms with Crippen molar-refractivity contribution in [3.8, 4) is 11.5 Å². The third kappa shape index (κ3) is 4.91. The fourth-order valence-corrected chi connectivity index (χ4v) is 3.13. The summed E-state index contributed by atoms with van der Waals surface area (Å²) in [5, 5.41) is 0. The van der Waals surface area contributed by atoms with Gasteiger partial charge >= 0.3 is 6.18 Å². The monoisotopic (exact) mass is 365 g/mol. The number of likely N-dealkylation sites (tertiary alicyclic amines) is 1. The molecule has 26 heavy (non-hydrogen) atoms. The summed E-state index contributed by atoms with van der Waals surface area (Å²) in [4.78, 5) is 2.20. The van der Waals surface area contributed by atoms with Gasteiger partial charge in [-0.05, 0) is 37.3 Å². The summed E-state index contributed by atoms with van der Waals surface area (Å²) in [5.74, 6) is 1.08. The molecule has 140 valence electrons. The van der Waals surface area contributed by atoms with Crippen LogP contribution in [-0.2, 0) is 6.18 Å². The van der Waals surface area contributed by atoms with E-state index in [1.807, 2.05) is 37.3 Å². The molecule has 1 atom stereocenters. The van der Waals surface area contributed by atoms with Gasteiger partial charge in [0.1, 0.15) is 23.7 Å². The standard InChI is InChI=1S/C20H22F3NO2/c1-19(26-18-9-5-6-16(14-18)20(21,22)23)10-11-24(15-19)12-13-25-17-7-3-2-4-8-17/h2-9,14H,10-13,15H2,1H3. The van der Waals surface area contributed by atoms with Crippen LogP contribution in [-0.4, -0.2) is 36.7 Å². The van der Waals surface area contributed by atoms with Crippen molar-refractivity contribution in [1.82, 2.24) is 4.90 Å². The fraction of sp³-hybridized carbons (Fsp3) is 0.400. The SMILES string of the molecule is CC1(Oc2cccc(C(F)(F)F)c2)CCN(CCOc2ccccc2)C1. The van der Waals surface area contributed by atoms with Gasteiger partial charge < -0.3 is 9.47 Å². The lowest BCUT2D eigenvalue weighted by Crippen LogP contribution is -2.37. The number of para-hydroxylation sites is 1. The first-order valence-corrected chi connectivity index (χ1v) is 8.61. The van der Waals surface area contributed by atoms with Crippen LogP contribution in [0.4, 0.5) is 13.2 Å². The molecule has 0 radical (unpaired) electrons. The Bertz CT molecular complexity index is 720. The van der Waals surface area contributed by atoms with Gasteiger partial charge in [0.15, 0.2) is 0 Å². The first kappa shape index (κ1) is 18.6. The lowest BCUT2D eigenvalue weighted by molar-refractivity contribution is -0.137. The van der Waals surface area contributed by atoms with Gasteiger partial charge in [-0.25, -0.2) is 0 Å². The van der Waals surface area contributed by atoms with Crippen molar-refractivity contribution < 1.29 is 22.6 Å². The van der Waals surface area contributed by atoms with E-state index in [-0.39, 0.29) is 5.75 Å². The topological polar surface area (TPSA) is 21.7 Å². The summed E-state index contributed by atoms with van der Waals surface area (Å²) < 4.78 is 50.1. The van der Waals surface area contributed by atoms with E-state index < -0.39 is 17.3 Å². The summed E-state index contributed by atoms with van der Waals surface area (Å²) in [5.41, 5.74) is -1.19. The first-order chi connectivity index (χ1) is 12.3. The Morgan fingerprint density at radius 1 is 1.04 bits per heavy atom. The third-order valence-corrected chi connectivity index (χ3v) is 4.46. The molecule has 0 spiro atoms. The van der Waals surface area contributed by atoms with E-state index in [2.05, 4.69) is 4.90 Å². The van der Waals surface area contributed by atoms with Crippen molar-refractivity contribution in [2.45, 2.75) is 25.1 Å². The first-order valence-electron chi connectivity index (χ1n) is 8.61. The van der Waals surface area contributed by atoms with E-state index >= 15 is 0 Å². The zero-order chi connectivity index (χ0) is 18.6. The van der Waals surface area contributed by atoms with Crippen LogP contribution in [0.5, 0.6) is 11.5 Å². The quantitative estimate of drug-likeness (QED) is 0.745. The average molecular weight is 365 g/mol. The molecule has 2 aromatic carbocycles. The van der Waals surface area contributed by atoms with E-state index in [0.29, 0.717) is 13.2 Å². The van der Waals surface area contributed by atoms with Crippen LogP contribution in [0.2, 0.25) is 0 Å². The number of benzene rings is 2. The minimum absolute atomic E-state index is 0.254. The van der Waals surface area contributed by atoms with Crippen molar-refractivity contribution in [1.29, 1.82) is 0 Å². The maximum absolute atomic E-state index is 12.8. The van der Waals surface area contributed by atoms with Crippen LogP contribution in [0.25, 0.3) is 0 Å². The van der Waals surface area contributed by atoms with Crippen LogP contribution < -0.4 is 9.47 Å². The molecule has 1 aliphatic rings. The molecule has 2 aromatic rings. The summed E-state index contributed by atoms with van der Waals surface area (Å²) in [6, 6.07) is 14.7. The van der Waals surface area contributed by atoms with E-state index in [9.17, 15) is 13.2 Å². The molecule has 0 aromatic heterocycles. The molecular weight excluding hydrogens is 343 g/mol. The molecule has 1 unspecified atom stereocenters. The van der Waals surface area contributed by atoms with Gasteiger partial charge in [-0.15, -0.1) is 0 Å². The zero-order valence-corrected chi connectivity index (χ0v) is 14.6. The second-order valence-electron chi connectivity index (χ2n) is 6.77. The molecule has 6 heteroatoms. The molecule has 1 fully saturated rings. The number of hydrogen-bond donors (Lipinski definition) is 0. The number of hydrogen-bond acceptors (Lipinski definition) is 3. The van der Waals surface area contributed by atoms with Gasteiger partial charge in [0.2, 0.25) is 0 Å². The van der Waals surface area contributed by atoms with E-state index in [0.717, 1.165) is 37.4 Å². The van der Waals surface area contributed by atoms with E-state index in [1.54, 1.807) is 6.07 Å². The van der Waals surface area contributed by atoms with Crippen LogP contribution in [0, 0.1) is 0 Å². The maximum atomic E-state index is 12.8. The number of rotatable bonds is 6. The highest BCUT2D eigenvalue weighted by molar-refractivity contribution is 5.31. The third-order valence-electron chi connectivity index (χ3n) is 4.46. The van der Waals surface area contributed by atoms with Gasteiger partial charge in [0, 0.05) is 26.1 Å². The molecule has 1 heterocycles. The molecule has 1 saturated heterocycles. The summed E-state index contributed by atoms with van der Waals surface area (Å²) in [6.07, 6.45) is -3.61. The second-order valence-corrected chi connectivity index (χ2v) is 6.77. The van der Waals surface area contributed by atoms with E-state index in [1.165, 1.54) is 6.07 Å². The zero-order valence-electron chi connectivity index (χ0n) is 14.6. The highest BCUT2D eigenvalue weighted by Crippen LogP contribution is 2.33. The van der Waals surface area contributed by atoms with Gasteiger partial charge in [-0.2, -0.15) is 13.2 Å². The molecule has 1 aliphatic heterocycles. The van der Waals surface area contributed by atoms with Crippen molar-refractivity contribution in [2.75, 3.05) is 26.2 Å². The fourth-order valence-electron chi connectivity index (χ4n) is 3.13. The lowest BCUT2D eigenvalue weighted by Gasteiger charge is -2.27. The molecule has 0 N–H and O–H groups in total. The minimum atomic E-state index is -4.36. The van der Waals surface area contributed by atoms with Crippen LogP contribution >= 0.6 is 0 Å². The molecular formula is C20H22F3NO2. The Labute approximate surface area is 151 Å². The average Bonchev–Trinajstić information content (AvgIpc) is 2.96. The highest BCUT2D eigenvalue weighted by atomic mass is 19.4. The molecule has 0 saturated carbocycles. The Kier molecular flexibility index (Phi) is 5.41. The Balaban J connectivity index is 1.52. The normalized spacial score (nSPS) is 20.9. The summed E-state index contributed by atoms with van der Waals surface area (Å²) in [6.45, 7) is 4.72. The van der Waals surface area contributed by atoms with Crippen LogP contribution in [0.15, 0.2) is 54.6 Å². The molecule has 0 bridgehead atoms. The van der Waals surface area contributed by atoms with Crippen LogP contribution in [0.1, 0.15) is 18.9 Å². The van der Waals surface area contributed by atoms with Crippen molar-refractivity contribution in [2.24, 2.45) is 0 Å². The van der Waals surface area contributed by atoms with Crippen molar-refractivity contribution in [3.05, 3.63) is 60.2 Å². The Morgan fingerprint density at radius 3 is 2.50 bits per heavy atom. The Hall–Kier alpha value is -2.21. The van der Waals surface area contributed by atoms with Gasteiger partial charge in [-0.3, -0.25) is 4.90 Å². The summed E-state index contributed by atoms with van der Waals surface area (Å²) >= 11 is 0. The van der Waals surface area contributed by atoms with Crippen LogP contribution in [0.3, 0.4) is 0 Å².